The number of nitrogens with zero attached hydrogens (tertiary/aromatic N) is 1. The third-order valence-electron chi connectivity index (χ3n) is 4.94. The molecule has 28 heavy (non-hydrogen) atoms. The molecular formula is C22H24IN5. The molecule has 0 unspecified atom stereocenters. The highest BCUT2D eigenvalue weighted by Crippen LogP contribution is 2.38. The second-order valence-electron chi connectivity index (χ2n) is 6.88. The van der Waals surface area contributed by atoms with Gasteiger partial charge in [-0.25, -0.2) is 0 Å². The van der Waals surface area contributed by atoms with Crippen LogP contribution in [0.4, 0.5) is 11.4 Å². The number of anilines is 2. The van der Waals surface area contributed by atoms with Crippen LogP contribution in [0, 0.1) is 0 Å². The fourth-order valence-electron chi connectivity index (χ4n) is 3.66. The largest absolute Gasteiger partial charge is 0.399 e. The zero-order valence-electron chi connectivity index (χ0n) is 15.4. The Hall–Kier alpha value is -2.42. The van der Waals surface area contributed by atoms with Crippen LogP contribution in [0.5, 0.6) is 0 Å². The first-order chi connectivity index (χ1) is 13.0. The van der Waals surface area contributed by atoms with Gasteiger partial charge in [0.1, 0.15) is 0 Å². The van der Waals surface area contributed by atoms with Crippen LogP contribution >= 0.6 is 24.0 Å². The van der Waals surface area contributed by atoms with Crippen molar-refractivity contribution in [2.45, 2.75) is 19.0 Å². The molecular weight excluding hydrogens is 461 g/mol. The highest BCUT2D eigenvalue weighted by atomic mass is 127. The number of nitrogens with two attached hydrogens (primary N) is 4. The predicted octanol–water partition coefficient (Wildman–Crippen LogP) is 4.01. The fourth-order valence-corrected chi connectivity index (χ4v) is 3.66. The van der Waals surface area contributed by atoms with Gasteiger partial charge in [-0.2, -0.15) is 0 Å². The number of nitrogen functional groups attached to an aromatic ring is 2. The number of pyridine rings is 1. The Labute approximate surface area is 181 Å². The molecule has 0 aliphatic heterocycles. The van der Waals surface area contributed by atoms with E-state index in [4.69, 9.17) is 22.9 Å². The molecule has 5 nitrogen and oxygen atoms in total. The molecule has 1 heterocycles. The number of halogens is 1. The summed E-state index contributed by atoms with van der Waals surface area (Å²) in [4.78, 5) is 4.57. The molecule has 0 fully saturated rings. The Morgan fingerprint density at radius 1 is 0.893 bits per heavy atom. The van der Waals surface area contributed by atoms with Crippen LogP contribution in [0.3, 0.4) is 0 Å². The molecule has 0 aliphatic carbocycles. The van der Waals surface area contributed by atoms with E-state index < -0.39 is 0 Å². The highest BCUT2D eigenvalue weighted by molar-refractivity contribution is 14.0. The lowest BCUT2D eigenvalue weighted by atomic mass is 9.89. The van der Waals surface area contributed by atoms with Gasteiger partial charge in [0.25, 0.3) is 0 Å². The normalized spacial score (nSPS) is 11.1. The summed E-state index contributed by atoms with van der Waals surface area (Å²) >= 11 is 0. The lowest BCUT2D eigenvalue weighted by Gasteiger charge is -2.18. The van der Waals surface area contributed by atoms with E-state index in [1.165, 1.54) is 5.56 Å². The molecule has 0 spiro atoms. The molecule has 0 saturated heterocycles. The first-order valence-corrected chi connectivity index (χ1v) is 9.00. The summed E-state index contributed by atoms with van der Waals surface area (Å²) in [5.41, 5.74) is 29.9. The molecule has 0 atom stereocenters. The smallest absolute Gasteiger partial charge is 0.0710 e. The minimum Gasteiger partial charge on any atom is -0.399 e. The average molecular weight is 485 g/mol. The van der Waals surface area contributed by atoms with Gasteiger partial charge in [-0.05, 0) is 59.2 Å². The van der Waals surface area contributed by atoms with Crippen molar-refractivity contribution in [2.24, 2.45) is 11.5 Å². The number of hydrogen-bond acceptors (Lipinski definition) is 5. The Bertz CT molecular complexity index is 1130. The topological polar surface area (TPSA) is 117 Å². The number of fused-ring (bicyclic) bond motifs is 3. The van der Waals surface area contributed by atoms with Crippen LogP contribution in [0.2, 0.25) is 0 Å². The highest BCUT2D eigenvalue weighted by Gasteiger charge is 2.16. The molecule has 8 N–H and O–H groups in total. The second-order valence-corrected chi connectivity index (χ2v) is 6.88. The van der Waals surface area contributed by atoms with Crippen LogP contribution in [0.1, 0.15) is 12.0 Å². The number of aryl methyl sites for hydroxylation is 1. The van der Waals surface area contributed by atoms with E-state index in [-0.39, 0.29) is 30.1 Å². The van der Waals surface area contributed by atoms with Crippen LogP contribution in [0.15, 0.2) is 60.8 Å². The van der Waals surface area contributed by atoms with Crippen LogP contribution < -0.4 is 22.9 Å². The number of rotatable bonds is 4. The van der Waals surface area contributed by atoms with Crippen molar-refractivity contribution in [3.63, 3.8) is 0 Å². The maximum Gasteiger partial charge on any atom is 0.0710 e. The minimum atomic E-state index is -0.376. The standard InChI is InChI=1S/C22H23N5.HI/c23-14-6-8-20-17(10-14)22-15(7-9-21(25)26)16(13-4-2-1-3-5-13)11-19(24)18(22)12-27-20;/h1-6,8,10-12,21H,7,9,23-26H2;1H. The Balaban J connectivity index is 0.00000225. The van der Waals surface area contributed by atoms with Gasteiger partial charge in [-0.3, -0.25) is 4.98 Å². The second kappa shape index (κ2) is 8.30. The monoisotopic (exact) mass is 485 g/mol. The third kappa shape index (κ3) is 3.76. The first-order valence-electron chi connectivity index (χ1n) is 9.00. The summed E-state index contributed by atoms with van der Waals surface area (Å²) in [7, 11) is 0. The van der Waals surface area contributed by atoms with E-state index in [1.54, 1.807) is 0 Å². The van der Waals surface area contributed by atoms with Crippen molar-refractivity contribution in [3.05, 3.63) is 66.4 Å². The Morgan fingerprint density at radius 3 is 2.36 bits per heavy atom. The third-order valence-corrected chi connectivity index (χ3v) is 4.94. The zero-order valence-corrected chi connectivity index (χ0v) is 17.8. The van der Waals surface area contributed by atoms with E-state index in [1.807, 2.05) is 48.7 Å². The molecule has 0 amide bonds. The van der Waals surface area contributed by atoms with E-state index >= 15 is 0 Å². The maximum atomic E-state index is 6.43. The summed E-state index contributed by atoms with van der Waals surface area (Å²) < 4.78 is 0. The summed E-state index contributed by atoms with van der Waals surface area (Å²) in [6.07, 6.45) is 2.88. The average Bonchev–Trinajstić information content (AvgIpc) is 2.67. The van der Waals surface area contributed by atoms with Crippen LogP contribution in [-0.4, -0.2) is 11.1 Å². The van der Waals surface area contributed by atoms with Gasteiger partial charge in [0.15, 0.2) is 0 Å². The van der Waals surface area contributed by atoms with Crippen molar-refractivity contribution in [1.29, 1.82) is 0 Å². The summed E-state index contributed by atoms with van der Waals surface area (Å²) in [6.45, 7) is 0. The lowest BCUT2D eigenvalue weighted by molar-refractivity contribution is 0.641. The van der Waals surface area contributed by atoms with Crippen molar-refractivity contribution in [3.8, 4) is 11.1 Å². The van der Waals surface area contributed by atoms with Crippen molar-refractivity contribution in [1.82, 2.24) is 4.98 Å². The SMILES string of the molecule is I.Nc1ccc2ncc3c(N)cc(-c4ccccc4)c(CCC(N)N)c3c2c1. The van der Waals surface area contributed by atoms with Crippen molar-refractivity contribution in [2.75, 3.05) is 11.5 Å². The zero-order chi connectivity index (χ0) is 19.0. The Morgan fingerprint density at radius 2 is 1.64 bits per heavy atom. The van der Waals surface area contributed by atoms with Gasteiger partial charge >= 0.3 is 0 Å². The molecule has 4 rings (SSSR count). The maximum absolute atomic E-state index is 6.43. The quantitative estimate of drug-likeness (QED) is 0.151. The van der Waals surface area contributed by atoms with Crippen molar-refractivity contribution < 1.29 is 0 Å². The van der Waals surface area contributed by atoms with Gasteiger partial charge in [-0.15, -0.1) is 24.0 Å². The summed E-state index contributed by atoms with van der Waals surface area (Å²) in [5.74, 6) is 0. The molecule has 0 saturated carbocycles. The molecule has 3 aromatic carbocycles. The van der Waals surface area contributed by atoms with Gasteiger partial charge < -0.3 is 22.9 Å². The lowest BCUT2D eigenvalue weighted by Crippen LogP contribution is -2.30. The van der Waals surface area contributed by atoms with E-state index in [0.717, 1.165) is 39.2 Å². The number of hydrogen-bond donors (Lipinski definition) is 4. The molecule has 6 heteroatoms. The van der Waals surface area contributed by atoms with Gasteiger partial charge in [-0.1, -0.05) is 30.3 Å². The Kier molecular flexibility index (Phi) is 6.02. The summed E-state index contributed by atoms with van der Waals surface area (Å²) in [6, 6.07) is 18.0. The van der Waals surface area contributed by atoms with Crippen LogP contribution in [-0.2, 0) is 6.42 Å². The molecule has 0 bridgehead atoms. The molecule has 4 aromatic rings. The van der Waals surface area contributed by atoms with Gasteiger partial charge in [0.2, 0.25) is 0 Å². The van der Waals surface area contributed by atoms with Gasteiger partial charge in [0.05, 0.1) is 11.7 Å². The molecule has 144 valence electrons. The molecule has 0 aliphatic rings. The van der Waals surface area contributed by atoms with E-state index in [2.05, 4.69) is 17.1 Å². The van der Waals surface area contributed by atoms with E-state index in [9.17, 15) is 0 Å². The van der Waals surface area contributed by atoms with Gasteiger partial charge in [0, 0.05) is 28.3 Å². The molecule has 1 aromatic heterocycles. The fraction of sp³-hybridized carbons (Fsp3) is 0.136. The van der Waals surface area contributed by atoms with Crippen LogP contribution in [0.25, 0.3) is 32.8 Å². The first kappa shape index (κ1) is 20.3. The minimum absolute atomic E-state index is 0. The summed E-state index contributed by atoms with van der Waals surface area (Å²) in [5, 5.41) is 3.00. The molecule has 0 radical (unpaired) electrons. The van der Waals surface area contributed by atoms with Crippen molar-refractivity contribution >= 4 is 57.0 Å². The van der Waals surface area contributed by atoms with E-state index in [0.29, 0.717) is 17.8 Å². The predicted molar refractivity (Wildman–Crippen MR) is 129 cm³/mol. The number of aromatic nitrogens is 1. The number of benzene rings is 3.